The Morgan fingerprint density at radius 2 is 1.71 bits per heavy atom. The number of hydrogen-bond donors (Lipinski definition) is 2. The average Bonchev–Trinajstić information content (AvgIpc) is 3.48. The van der Waals surface area contributed by atoms with Crippen LogP contribution in [-0.2, 0) is 4.79 Å². The van der Waals surface area contributed by atoms with Gasteiger partial charge in [-0.2, -0.15) is 0 Å². The van der Waals surface area contributed by atoms with Crippen molar-refractivity contribution in [3.8, 4) is 17.2 Å². The lowest BCUT2D eigenvalue weighted by atomic mass is 9.82. The van der Waals surface area contributed by atoms with Gasteiger partial charge in [-0.3, -0.25) is 9.59 Å². The Hall–Kier alpha value is -4.20. The average molecular weight is 460 g/mol. The number of methoxy groups -OCH3 is 1. The number of aliphatic carboxylic acids is 1. The van der Waals surface area contributed by atoms with Crippen molar-refractivity contribution in [2.45, 2.75) is 12.0 Å². The summed E-state index contributed by atoms with van der Waals surface area (Å²) in [6.45, 7) is 0.332. The maximum atomic E-state index is 13.7. The summed E-state index contributed by atoms with van der Waals surface area (Å²) in [6.07, 6.45) is 0. The molecule has 0 aromatic heterocycles. The van der Waals surface area contributed by atoms with E-state index in [-0.39, 0.29) is 19.2 Å². The first-order valence-electron chi connectivity index (χ1n) is 10.9. The molecule has 0 radical (unpaired) electrons. The monoisotopic (exact) mass is 460 g/mol. The van der Waals surface area contributed by atoms with Crippen molar-refractivity contribution in [1.29, 1.82) is 0 Å². The van der Waals surface area contributed by atoms with Crippen LogP contribution in [0.15, 0.2) is 66.7 Å². The zero-order valence-corrected chi connectivity index (χ0v) is 18.5. The van der Waals surface area contributed by atoms with E-state index in [1.54, 1.807) is 72.7 Å². The molecule has 0 saturated carbocycles. The molecule has 3 N–H and O–H groups in total. The van der Waals surface area contributed by atoms with Crippen molar-refractivity contribution in [1.82, 2.24) is 4.90 Å². The number of benzene rings is 3. The smallest absolute Gasteiger partial charge is 0.309 e. The second kappa shape index (κ2) is 8.62. The molecule has 0 bridgehead atoms. The van der Waals surface area contributed by atoms with Crippen LogP contribution in [-0.4, -0.2) is 42.3 Å². The van der Waals surface area contributed by atoms with Crippen LogP contribution in [0, 0.1) is 5.92 Å². The van der Waals surface area contributed by atoms with E-state index in [4.69, 9.17) is 19.9 Å². The van der Waals surface area contributed by atoms with Crippen LogP contribution < -0.4 is 19.9 Å². The lowest BCUT2D eigenvalue weighted by molar-refractivity contribution is -0.142. The molecule has 3 atom stereocenters. The third-order valence-corrected chi connectivity index (χ3v) is 6.52. The number of nitrogen functional groups attached to an aromatic ring is 1. The van der Waals surface area contributed by atoms with E-state index in [0.717, 1.165) is 5.56 Å². The minimum atomic E-state index is -0.986. The van der Waals surface area contributed by atoms with Crippen LogP contribution in [0.1, 0.15) is 33.4 Å². The molecule has 8 nitrogen and oxygen atoms in total. The second-order valence-corrected chi connectivity index (χ2v) is 8.35. The number of carboxylic acids is 1. The van der Waals surface area contributed by atoms with Crippen LogP contribution in [0.2, 0.25) is 0 Å². The van der Waals surface area contributed by atoms with Gasteiger partial charge in [-0.1, -0.05) is 30.3 Å². The van der Waals surface area contributed by atoms with Crippen molar-refractivity contribution >= 4 is 17.6 Å². The molecular weight excluding hydrogens is 436 g/mol. The highest BCUT2D eigenvalue weighted by molar-refractivity contribution is 6.00. The third-order valence-electron chi connectivity index (χ3n) is 6.52. The predicted octanol–water partition coefficient (Wildman–Crippen LogP) is 3.69. The number of carbonyl (C=O) groups excluding carboxylic acids is 1. The summed E-state index contributed by atoms with van der Waals surface area (Å²) in [6, 6.07) is 18.7. The minimum absolute atomic E-state index is 0.123. The Bertz CT molecular complexity index is 1240. The van der Waals surface area contributed by atoms with E-state index in [0.29, 0.717) is 34.1 Å². The highest BCUT2D eigenvalue weighted by atomic mass is 16.7. The fourth-order valence-electron chi connectivity index (χ4n) is 4.86. The van der Waals surface area contributed by atoms with Crippen molar-refractivity contribution < 1.29 is 28.9 Å². The number of likely N-dealkylation sites (tertiary alicyclic amines) is 1. The highest BCUT2D eigenvalue weighted by Crippen LogP contribution is 2.48. The highest BCUT2D eigenvalue weighted by Gasteiger charge is 2.49. The molecule has 2 aliphatic rings. The Kier molecular flexibility index (Phi) is 5.49. The Balaban J connectivity index is 1.61. The SMILES string of the molecule is COc1ccc(C2C(C(=O)O)C(c3ccc4c(c3)OCO4)CN2C(=O)c2ccccc2N)cc1. The number of anilines is 1. The van der Waals surface area contributed by atoms with E-state index >= 15 is 0 Å². The molecule has 1 fully saturated rings. The predicted molar refractivity (Wildman–Crippen MR) is 124 cm³/mol. The molecule has 0 aliphatic carbocycles. The lowest BCUT2D eigenvalue weighted by Gasteiger charge is -2.28. The van der Waals surface area contributed by atoms with Crippen molar-refractivity contribution in [2.24, 2.45) is 5.92 Å². The number of ether oxygens (including phenoxy) is 3. The summed E-state index contributed by atoms with van der Waals surface area (Å²) in [5, 5.41) is 10.4. The number of para-hydroxylation sites is 1. The van der Waals surface area contributed by atoms with Crippen LogP contribution in [0.5, 0.6) is 17.2 Å². The number of amides is 1. The lowest BCUT2D eigenvalue weighted by Crippen LogP contribution is -2.34. The van der Waals surface area contributed by atoms with Crippen molar-refractivity contribution in [3.63, 3.8) is 0 Å². The van der Waals surface area contributed by atoms with Crippen LogP contribution in [0.3, 0.4) is 0 Å². The van der Waals surface area contributed by atoms with E-state index in [2.05, 4.69) is 0 Å². The zero-order valence-electron chi connectivity index (χ0n) is 18.5. The molecule has 2 heterocycles. The normalized spacial score (nSPS) is 20.9. The van der Waals surface area contributed by atoms with E-state index in [9.17, 15) is 14.7 Å². The summed E-state index contributed by atoms with van der Waals surface area (Å²) >= 11 is 0. The minimum Gasteiger partial charge on any atom is -0.497 e. The fourth-order valence-corrected chi connectivity index (χ4v) is 4.86. The molecule has 1 saturated heterocycles. The zero-order chi connectivity index (χ0) is 23.8. The first kappa shape index (κ1) is 21.6. The molecule has 3 unspecified atom stereocenters. The van der Waals surface area contributed by atoms with E-state index in [1.165, 1.54) is 0 Å². The molecule has 34 heavy (non-hydrogen) atoms. The molecule has 0 spiro atoms. The number of carbonyl (C=O) groups is 2. The largest absolute Gasteiger partial charge is 0.497 e. The number of carboxylic acid groups (broad SMARTS) is 1. The summed E-state index contributed by atoms with van der Waals surface area (Å²) in [5.41, 5.74) is 8.27. The van der Waals surface area contributed by atoms with Crippen molar-refractivity contribution in [3.05, 3.63) is 83.4 Å². The summed E-state index contributed by atoms with van der Waals surface area (Å²) in [7, 11) is 1.56. The van der Waals surface area contributed by atoms with Crippen LogP contribution in [0.4, 0.5) is 5.69 Å². The number of hydrogen-bond acceptors (Lipinski definition) is 6. The van der Waals surface area contributed by atoms with Gasteiger partial charge in [0, 0.05) is 18.2 Å². The molecule has 5 rings (SSSR count). The summed E-state index contributed by atoms with van der Waals surface area (Å²) in [5.74, 6) is -0.819. The topological polar surface area (TPSA) is 111 Å². The molecular formula is C26H24N2O6. The van der Waals surface area contributed by atoms with Gasteiger partial charge in [0.25, 0.3) is 5.91 Å². The van der Waals surface area contributed by atoms with Crippen LogP contribution >= 0.6 is 0 Å². The van der Waals surface area contributed by atoms with E-state index < -0.39 is 23.8 Å². The van der Waals surface area contributed by atoms with Gasteiger partial charge in [0.1, 0.15) is 5.75 Å². The van der Waals surface area contributed by atoms with Gasteiger partial charge in [-0.15, -0.1) is 0 Å². The van der Waals surface area contributed by atoms with Gasteiger partial charge in [0.15, 0.2) is 11.5 Å². The van der Waals surface area contributed by atoms with Crippen LogP contribution in [0.25, 0.3) is 0 Å². The third kappa shape index (κ3) is 3.67. The maximum Gasteiger partial charge on any atom is 0.309 e. The molecule has 3 aromatic carbocycles. The van der Waals surface area contributed by atoms with Gasteiger partial charge in [0.2, 0.25) is 6.79 Å². The molecule has 8 heteroatoms. The molecule has 174 valence electrons. The Labute approximate surface area is 196 Å². The van der Waals surface area contributed by atoms with E-state index in [1.807, 2.05) is 6.07 Å². The second-order valence-electron chi connectivity index (χ2n) is 8.35. The van der Waals surface area contributed by atoms with Gasteiger partial charge in [-0.05, 0) is 47.5 Å². The first-order valence-corrected chi connectivity index (χ1v) is 10.9. The van der Waals surface area contributed by atoms with Gasteiger partial charge in [-0.25, -0.2) is 0 Å². The number of nitrogens with two attached hydrogens (primary N) is 1. The van der Waals surface area contributed by atoms with Gasteiger partial charge >= 0.3 is 5.97 Å². The Morgan fingerprint density at radius 1 is 1.00 bits per heavy atom. The number of nitrogens with zero attached hydrogens (tertiary/aromatic N) is 1. The first-order chi connectivity index (χ1) is 16.5. The van der Waals surface area contributed by atoms with Gasteiger partial charge in [0.05, 0.1) is 24.6 Å². The Morgan fingerprint density at radius 3 is 2.41 bits per heavy atom. The summed E-state index contributed by atoms with van der Waals surface area (Å²) < 4.78 is 16.2. The quantitative estimate of drug-likeness (QED) is 0.559. The fraction of sp³-hybridized carbons (Fsp3) is 0.231. The standard InChI is InChI=1S/C26H24N2O6/c1-32-17-9-6-15(7-10-17)24-23(26(30)31)19(16-8-11-21-22(12-16)34-14-33-21)13-28(24)25(29)18-4-2-3-5-20(18)27/h2-12,19,23-24H,13-14,27H2,1H3,(H,30,31). The van der Waals surface area contributed by atoms with Gasteiger partial charge < -0.3 is 30.0 Å². The molecule has 2 aliphatic heterocycles. The molecule has 1 amide bonds. The number of rotatable bonds is 5. The summed E-state index contributed by atoms with van der Waals surface area (Å²) in [4.78, 5) is 28.0. The molecule has 3 aromatic rings. The maximum absolute atomic E-state index is 13.7. The number of fused-ring (bicyclic) bond motifs is 1. The van der Waals surface area contributed by atoms with Crippen molar-refractivity contribution in [2.75, 3.05) is 26.2 Å².